The van der Waals surface area contributed by atoms with E-state index in [1.165, 1.54) is 0 Å². The predicted octanol–water partition coefficient (Wildman–Crippen LogP) is 4.84. The van der Waals surface area contributed by atoms with Gasteiger partial charge in [-0.15, -0.1) is 0 Å². The fourth-order valence-corrected chi connectivity index (χ4v) is 2.14. The van der Waals surface area contributed by atoms with Gasteiger partial charge >= 0.3 is 0 Å². The Bertz CT molecular complexity index is 651. The van der Waals surface area contributed by atoms with E-state index >= 15 is 0 Å². The molecule has 0 atom stereocenters. The van der Waals surface area contributed by atoms with Crippen LogP contribution in [0.15, 0.2) is 58.0 Å². The van der Waals surface area contributed by atoms with Crippen LogP contribution in [0.1, 0.15) is 5.56 Å². The topological polar surface area (TPSA) is 30.8 Å². The van der Waals surface area contributed by atoms with Gasteiger partial charge in [-0.25, -0.2) is 0 Å². The van der Waals surface area contributed by atoms with Gasteiger partial charge in [-0.1, -0.05) is 30.3 Å². The van der Waals surface area contributed by atoms with Crippen molar-refractivity contribution in [2.75, 3.05) is 14.2 Å². The van der Waals surface area contributed by atoms with Gasteiger partial charge in [0.25, 0.3) is 0 Å². The van der Waals surface area contributed by atoms with Crippen LogP contribution in [-0.4, -0.2) is 20.4 Å². The fraction of sp³-hybridized carbons (Fsp3) is 0.118. The van der Waals surface area contributed by atoms with E-state index in [4.69, 9.17) is 9.47 Å². The summed E-state index contributed by atoms with van der Waals surface area (Å²) in [6.07, 6.45) is 3.75. The summed E-state index contributed by atoms with van der Waals surface area (Å²) < 4.78 is 11.4. The summed E-state index contributed by atoms with van der Waals surface area (Å²) in [4.78, 5) is 4.43. The molecule has 0 radical (unpaired) electrons. The van der Waals surface area contributed by atoms with Crippen molar-refractivity contribution in [2.24, 2.45) is 4.99 Å². The molecule has 0 heterocycles. The minimum absolute atomic E-state index is 0.672. The summed E-state index contributed by atoms with van der Waals surface area (Å²) >= 11 is 3.49. The van der Waals surface area contributed by atoms with Crippen molar-refractivity contribution in [3.63, 3.8) is 0 Å². The average molecular weight is 346 g/mol. The molecule has 0 spiro atoms. The number of benzene rings is 2. The van der Waals surface area contributed by atoms with Gasteiger partial charge in [0.05, 0.1) is 14.2 Å². The summed E-state index contributed by atoms with van der Waals surface area (Å²) in [5.74, 6) is 1.41. The molecule has 0 aromatic heterocycles. The second kappa shape index (κ2) is 7.64. The molecule has 0 unspecified atom stereocenters. The summed E-state index contributed by atoms with van der Waals surface area (Å²) in [5, 5.41) is 0. The maximum absolute atomic E-state index is 5.31. The highest BCUT2D eigenvalue weighted by Gasteiger charge is 2.03. The molecule has 21 heavy (non-hydrogen) atoms. The minimum Gasteiger partial charge on any atom is -0.497 e. The number of allylic oxidation sites excluding steroid dienone is 1. The van der Waals surface area contributed by atoms with Gasteiger partial charge in [0.2, 0.25) is 0 Å². The molecule has 2 aromatic carbocycles. The molecule has 2 aromatic rings. The molecule has 0 saturated heterocycles. The van der Waals surface area contributed by atoms with Crippen molar-refractivity contribution in [2.45, 2.75) is 0 Å². The van der Waals surface area contributed by atoms with Crippen molar-refractivity contribution in [3.8, 4) is 11.5 Å². The molecule has 0 N–H and O–H groups in total. The number of nitrogens with zero attached hydrogens (tertiary/aromatic N) is 1. The zero-order valence-corrected chi connectivity index (χ0v) is 13.5. The van der Waals surface area contributed by atoms with E-state index in [2.05, 4.69) is 20.9 Å². The zero-order chi connectivity index (χ0) is 15.1. The Morgan fingerprint density at radius 2 is 1.81 bits per heavy atom. The lowest BCUT2D eigenvalue weighted by Crippen LogP contribution is -1.87. The Hall–Kier alpha value is -2.07. The smallest absolute Gasteiger partial charge is 0.148 e. The lowest BCUT2D eigenvalue weighted by Gasteiger charge is -2.06. The van der Waals surface area contributed by atoms with E-state index in [0.29, 0.717) is 5.75 Å². The third-order valence-corrected chi connectivity index (χ3v) is 3.25. The van der Waals surface area contributed by atoms with Crippen molar-refractivity contribution in [1.82, 2.24) is 0 Å². The molecular weight excluding hydrogens is 330 g/mol. The first-order valence-electron chi connectivity index (χ1n) is 6.41. The third-order valence-electron chi connectivity index (χ3n) is 2.82. The molecule has 0 aliphatic rings. The van der Waals surface area contributed by atoms with Crippen molar-refractivity contribution in [1.29, 1.82) is 0 Å². The lowest BCUT2D eigenvalue weighted by atomic mass is 10.2. The Morgan fingerprint density at radius 3 is 2.48 bits per heavy atom. The van der Waals surface area contributed by atoms with Crippen LogP contribution in [-0.2, 0) is 0 Å². The van der Waals surface area contributed by atoms with Crippen LogP contribution in [0.2, 0.25) is 0 Å². The largest absolute Gasteiger partial charge is 0.497 e. The van der Waals surface area contributed by atoms with Crippen molar-refractivity contribution >= 4 is 33.9 Å². The molecule has 0 aliphatic carbocycles. The van der Waals surface area contributed by atoms with Gasteiger partial charge in [-0.05, 0) is 39.7 Å². The van der Waals surface area contributed by atoms with Gasteiger partial charge < -0.3 is 9.47 Å². The molecule has 0 amide bonds. The van der Waals surface area contributed by atoms with E-state index in [1.807, 2.05) is 54.6 Å². The highest BCUT2D eigenvalue weighted by molar-refractivity contribution is 9.12. The SMILES string of the molecule is COc1ccc(N=C/C(Br)=C\c2ccccc2)c(OC)c1. The standard InChI is InChI=1S/C17H16BrNO2/c1-20-15-8-9-16(17(11-15)21-2)19-12-14(18)10-13-6-4-3-5-7-13/h3-12H,1-2H3/b14-10+,19-12?. The van der Waals surface area contributed by atoms with Crippen LogP contribution in [0.3, 0.4) is 0 Å². The summed E-state index contributed by atoms with van der Waals surface area (Å²) in [5.41, 5.74) is 1.86. The second-order valence-electron chi connectivity index (χ2n) is 4.24. The molecule has 2 rings (SSSR count). The summed E-state index contributed by atoms with van der Waals surface area (Å²) in [7, 11) is 3.24. The van der Waals surface area contributed by atoms with Gasteiger partial charge in [-0.2, -0.15) is 0 Å². The minimum atomic E-state index is 0.672. The Labute approximate surface area is 133 Å². The Kier molecular flexibility index (Phi) is 5.58. The van der Waals surface area contributed by atoms with Crippen LogP contribution in [0, 0.1) is 0 Å². The van der Waals surface area contributed by atoms with Gasteiger partial charge in [0.15, 0.2) is 0 Å². The van der Waals surface area contributed by atoms with Crippen LogP contribution >= 0.6 is 15.9 Å². The van der Waals surface area contributed by atoms with Gasteiger partial charge in [0.1, 0.15) is 17.2 Å². The van der Waals surface area contributed by atoms with E-state index in [9.17, 15) is 0 Å². The number of ether oxygens (including phenoxy) is 2. The highest BCUT2D eigenvalue weighted by Crippen LogP contribution is 2.31. The van der Waals surface area contributed by atoms with Crippen LogP contribution in [0.25, 0.3) is 6.08 Å². The van der Waals surface area contributed by atoms with E-state index in [1.54, 1.807) is 20.4 Å². The molecule has 0 aliphatic heterocycles. The summed E-state index contributed by atoms with van der Waals surface area (Å²) in [6.45, 7) is 0. The average Bonchev–Trinajstić information content (AvgIpc) is 2.53. The third kappa shape index (κ3) is 4.46. The predicted molar refractivity (Wildman–Crippen MR) is 91.0 cm³/mol. The van der Waals surface area contributed by atoms with E-state index < -0.39 is 0 Å². The normalized spacial score (nSPS) is 11.7. The first-order valence-corrected chi connectivity index (χ1v) is 7.20. The molecule has 0 saturated carbocycles. The quantitative estimate of drug-likeness (QED) is 0.725. The Morgan fingerprint density at radius 1 is 1.05 bits per heavy atom. The summed E-state index contributed by atoms with van der Waals surface area (Å²) in [6, 6.07) is 15.6. The molecule has 3 nitrogen and oxygen atoms in total. The number of aliphatic imine (C=N–C) groups is 1. The number of halogens is 1. The van der Waals surface area contributed by atoms with Crippen LogP contribution < -0.4 is 9.47 Å². The van der Waals surface area contributed by atoms with Crippen molar-refractivity contribution < 1.29 is 9.47 Å². The number of rotatable bonds is 5. The molecule has 0 fully saturated rings. The van der Waals surface area contributed by atoms with E-state index in [-0.39, 0.29) is 0 Å². The number of methoxy groups -OCH3 is 2. The van der Waals surface area contributed by atoms with Crippen LogP contribution in [0.4, 0.5) is 5.69 Å². The second-order valence-corrected chi connectivity index (χ2v) is 5.15. The highest BCUT2D eigenvalue weighted by atomic mass is 79.9. The monoisotopic (exact) mass is 345 g/mol. The van der Waals surface area contributed by atoms with Crippen LogP contribution in [0.5, 0.6) is 11.5 Å². The van der Waals surface area contributed by atoms with Crippen molar-refractivity contribution in [3.05, 3.63) is 58.6 Å². The first-order chi connectivity index (χ1) is 10.2. The maximum Gasteiger partial charge on any atom is 0.148 e. The van der Waals surface area contributed by atoms with E-state index in [0.717, 1.165) is 21.5 Å². The number of hydrogen-bond donors (Lipinski definition) is 0. The molecule has 108 valence electrons. The van der Waals surface area contributed by atoms with Gasteiger partial charge in [0, 0.05) is 16.8 Å². The first kappa shape index (κ1) is 15.3. The lowest BCUT2D eigenvalue weighted by molar-refractivity contribution is 0.395. The maximum atomic E-state index is 5.31. The molecule has 0 bridgehead atoms. The number of hydrogen-bond acceptors (Lipinski definition) is 3. The molecule has 4 heteroatoms. The fourth-order valence-electron chi connectivity index (χ4n) is 1.77. The zero-order valence-electron chi connectivity index (χ0n) is 11.9. The van der Waals surface area contributed by atoms with Gasteiger partial charge in [-0.3, -0.25) is 4.99 Å². The molecular formula is C17H16BrNO2. The Balaban J connectivity index is 2.19.